The predicted molar refractivity (Wildman–Crippen MR) is 58.7 cm³/mol. The van der Waals surface area contributed by atoms with E-state index in [0.717, 1.165) is 12.3 Å². The molecule has 1 aliphatic heterocycles. The Morgan fingerprint density at radius 1 is 1.53 bits per heavy atom. The Kier molecular flexibility index (Phi) is 3.44. The summed E-state index contributed by atoms with van der Waals surface area (Å²) in [4.78, 5) is 0. The van der Waals surface area contributed by atoms with Crippen LogP contribution in [0.2, 0.25) is 0 Å². The molecule has 1 N–H and O–H groups in total. The highest BCUT2D eigenvalue weighted by Crippen LogP contribution is 2.19. The summed E-state index contributed by atoms with van der Waals surface area (Å²) >= 11 is 0. The van der Waals surface area contributed by atoms with Crippen molar-refractivity contribution in [1.82, 2.24) is 5.32 Å². The Balaban J connectivity index is 1.74. The van der Waals surface area contributed by atoms with Crippen molar-refractivity contribution in [2.24, 2.45) is 0 Å². The number of nitrogens with one attached hydrogen (secondary N) is 1. The fourth-order valence-electron chi connectivity index (χ4n) is 1.98. The molecule has 3 heteroatoms. The summed E-state index contributed by atoms with van der Waals surface area (Å²) in [7, 11) is 0. The van der Waals surface area contributed by atoms with Crippen molar-refractivity contribution >= 4 is 0 Å². The largest absolute Gasteiger partial charge is 0.468 e. The van der Waals surface area contributed by atoms with Gasteiger partial charge in [0.15, 0.2) is 0 Å². The first kappa shape index (κ1) is 10.7. The van der Waals surface area contributed by atoms with Gasteiger partial charge in [0, 0.05) is 6.54 Å². The van der Waals surface area contributed by atoms with Crippen molar-refractivity contribution < 1.29 is 9.15 Å². The zero-order valence-corrected chi connectivity index (χ0v) is 9.40. The number of hydrogen-bond donors (Lipinski definition) is 1. The van der Waals surface area contributed by atoms with E-state index in [1.807, 2.05) is 12.1 Å². The third-order valence-corrected chi connectivity index (χ3v) is 2.94. The summed E-state index contributed by atoms with van der Waals surface area (Å²) in [5, 5.41) is 3.43. The van der Waals surface area contributed by atoms with Gasteiger partial charge in [0.05, 0.1) is 24.5 Å². The topological polar surface area (TPSA) is 34.4 Å². The first-order chi connectivity index (χ1) is 7.25. The van der Waals surface area contributed by atoms with E-state index in [2.05, 4.69) is 19.2 Å². The Hall–Kier alpha value is -0.800. The standard InChI is InChI=1S/C12H19NO2/c1-9-5-6-11(15-9)8-13-10(2)12-4-3-7-14-12/h3-4,7,9-11,13H,5-6,8H2,1-2H3. The van der Waals surface area contributed by atoms with Crippen LogP contribution in [0, 0.1) is 0 Å². The lowest BCUT2D eigenvalue weighted by molar-refractivity contribution is 0.0542. The average molecular weight is 209 g/mol. The van der Waals surface area contributed by atoms with E-state index in [0.29, 0.717) is 12.2 Å². The first-order valence-electron chi connectivity index (χ1n) is 5.68. The molecule has 2 rings (SSSR count). The van der Waals surface area contributed by atoms with Gasteiger partial charge in [-0.1, -0.05) is 0 Å². The highest BCUT2D eigenvalue weighted by Gasteiger charge is 2.22. The summed E-state index contributed by atoms with van der Waals surface area (Å²) < 4.78 is 11.1. The lowest BCUT2D eigenvalue weighted by Crippen LogP contribution is -2.28. The molecule has 0 bridgehead atoms. The van der Waals surface area contributed by atoms with E-state index < -0.39 is 0 Å². The van der Waals surface area contributed by atoms with Crippen molar-refractivity contribution in [3.8, 4) is 0 Å². The third kappa shape index (κ3) is 2.83. The fourth-order valence-corrected chi connectivity index (χ4v) is 1.98. The van der Waals surface area contributed by atoms with Gasteiger partial charge in [-0.2, -0.15) is 0 Å². The monoisotopic (exact) mass is 209 g/mol. The second-order valence-electron chi connectivity index (χ2n) is 4.29. The van der Waals surface area contributed by atoms with Crippen LogP contribution in [0.1, 0.15) is 38.5 Å². The van der Waals surface area contributed by atoms with Crippen LogP contribution in [0.25, 0.3) is 0 Å². The van der Waals surface area contributed by atoms with Crippen LogP contribution in [0.15, 0.2) is 22.8 Å². The first-order valence-corrected chi connectivity index (χ1v) is 5.68. The Morgan fingerprint density at radius 3 is 3.00 bits per heavy atom. The van der Waals surface area contributed by atoms with Gasteiger partial charge in [-0.05, 0) is 38.8 Å². The lowest BCUT2D eigenvalue weighted by Gasteiger charge is -2.15. The number of ether oxygens (including phenoxy) is 1. The molecule has 1 aromatic rings. The van der Waals surface area contributed by atoms with Gasteiger partial charge in [0.25, 0.3) is 0 Å². The van der Waals surface area contributed by atoms with E-state index in [1.54, 1.807) is 6.26 Å². The smallest absolute Gasteiger partial charge is 0.120 e. The highest BCUT2D eigenvalue weighted by atomic mass is 16.5. The molecule has 3 unspecified atom stereocenters. The second kappa shape index (κ2) is 4.81. The summed E-state index contributed by atoms with van der Waals surface area (Å²) in [5.74, 6) is 0.987. The Morgan fingerprint density at radius 2 is 2.40 bits per heavy atom. The summed E-state index contributed by atoms with van der Waals surface area (Å²) in [6.45, 7) is 5.15. The van der Waals surface area contributed by atoms with E-state index in [4.69, 9.17) is 9.15 Å². The van der Waals surface area contributed by atoms with Crippen molar-refractivity contribution in [2.75, 3.05) is 6.54 Å². The maximum absolute atomic E-state index is 5.74. The second-order valence-corrected chi connectivity index (χ2v) is 4.29. The normalized spacial score (nSPS) is 28.1. The Labute approximate surface area is 90.8 Å². The van der Waals surface area contributed by atoms with Crippen LogP contribution in [-0.2, 0) is 4.74 Å². The van der Waals surface area contributed by atoms with Gasteiger partial charge in [0.1, 0.15) is 5.76 Å². The average Bonchev–Trinajstić information content (AvgIpc) is 2.84. The minimum absolute atomic E-state index is 0.263. The maximum atomic E-state index is 5.74. The molecule has 1 fully saturated rings. The van der Waals surface area contributed by atoms with Crippen molar-refractivity contribution in [1.29, 1.82) is 0 Å². The minimum Gasteiger partial charge on any atom is -0.468 e. The van der Waals surface area contributed by atoms with Gasteiger partial charge >= 0.3 is 0 Å². The zero-order chi connectivity index (χ0) is 10.7. The molecule has 2 heterocycles. The van der Waals surface area contributed by atoms with Crippen molar-refractivity contribution in [3.63, 3.8) is 0 Å². The van der Waals surface area contributed by atoms with Crippen LogP contribution in [0.5, 0.6) is 0 Å². The third-order valence-electron chi connectivity index (χ3n) is 2.94. The van der Waals surface area contributed by atoms with E-state index >= 15 is 0 Å². The molecule has 84 valence electrons. The quantitative estimate of drug-likeness (QED) is 0.827. The van der Waals surface area contributed by atoms with Crippen LogP contribution in [0.3, 0.4) is 0 Å². The van der Waals surface area contributed by atoms with Gasteiger partial charge in [-0.25, -0.2) is 0 Å². The molecule has 0 aromatic carbocycles. The molecule has 0 radical (unpaired) electrons. The molecule has 15 heavy (non-hydrogen) atoms. The molecule has 1 aromatic heterocycles. The molecule has 0 spiro atoms. The molecule has 1 aliphatic rings. The van der Waals surface area contributed by atoms with E-state index in [9.17, 15) is 0 Å². The number of rotatable bonds is 4. The molecule has 0 amide bonds. The molecule has 3 atom stereocenters. The summed E-state index contributed by atoms with van der Waals surface area (Å²) in [6.07, 6.45) is 4.86. The molecule has 0 aliphatic carbocycles. The van der Waals surface area contributed by atoms with Gasteiger partial charge in [-0.3, -0.25) is 0 Å². The van der Waals surface area contributed by atoms with Gasteiger partial charge in [0.2, 0.25) is 0 Å². The number of furan rings is 1. The van der Waals surface area contributed by atoms with Crippen molar-refractivity contribution in [2.45, 2.75) is 44.9 Å². The van der Waals surface area contributed by atoms with Crippen LogP contribution < -0.4 is 5.32 Å². The van der Waals surface area contributed by atoms with E-state index in [1.165, 1.54) is 12.8 Å². The van der Waals surface area contributed by atoms with Gasteiger partial charge in [-0.15, -0.1) is 0 Å². The molecule has 0 saturated carbocycles. The van der Waals surface area contributed by atoms with Crippen LogP contribution in [-0.4, -0.2) is 18.8 Å². The molecular weight excluding hydrogens is 190 g/mol. The predicted octanol–water partition coefficient (Wildman–Crippen LogP) is 2.50. The molecule has 1 saturated heterocycles. The number of hydrogen-bond acceptors (Lipinski definition) is 3. The zero-order valence-electron chi connectivity index (χ0n) is 9.40. The van der Waals surface area contributed by atoms with Gasteiger partial charge < -0.3 is 14.5 Å². The lowest BCUT2D eigenvalue weighted by atomic mass is 10.2. The Bertz CT molecular complexity index is 284. The minimum atomic E-state index is 0.263. The van der Waals surface area contributed by atoms with Crippen molar-refractivity contribution in [3.05, 3.63) is 24.2 Å². The van der Waals surface area contributed by atoms with Crippen LogP contribution >= 0.6 is 0 Å². The maximum Gasteiger partial charge on any atom is 0.120 e. The van der Waals surface area contributed by atoms with Crippen LogP contribution in [0.4, 0.5) is 0 Å². The summed E-state index contributed by atoms with van der Waals surface area (Å²) in [5.41, 5.74) is 0. The molecule has 3 nitrogen and oxygen atoms in total. The SMILES string of the molecule is CC1CCC(CNC(C)c2ccco2)O1. The van der Waals surface area contributed by atoms with E-state index in [-0.39, 0.29) is 6.04 Å². The summed E-state index contributed by atoms with van der Waals surface area (Å²) in [6, 6.07) is 4.18. The molecular formula is C12H19NO2. The fraction of sp³-hybridized carbons (Fsp3) is 0.667. The highest BCUT2D eigenvalue weighted by molar-refractivity contribution is 5.02.